The highest BCUT2D eigenvalue weighted by Gasteiger charge is 2.60. The number of ether oxygens (including phenoxy) is 1. The molecule has 0 bridgehead atoms. The molecule has 0 saturated carbocycles. The quantitative estimate of drug-likeness (QED) is 0.239. The summed E-state index contributed by atoms with van der Waals surface area (Å²) in [7, 11) is 1.26. The zero-order chi connectivity index (χ0) is 24.7. The monoisotopic (exact) mass is 473 g/mol. The minimum absolute atomic E-state index is 0.133. The molecule has 2 aliphatic rings. The Morgan fingerprint density at radius 1 is 0.943 bits per heavy atom. The Bertz CT molecular complexity index is 1330. The smallest absolute Gasteiger partial charge is 0.337 e. The number of carbonyl (C=O) groups is 3. The largest absolute Gasteiger partial charge is 0.465 e. The van der Waals surface area contributed by atoms with Crippen molar-refractivity contribution in [1.82, 2.24) is 0 Å². The number of non-ortho nitro benzene ring substituents is 1. The molecule has 0 aromatic heterocycles. The van der Waals surface area contributed by atoms with E-state index in [0.29, 0.717) is 11.3 Å². The maximum absolute atomic E-state index is 13.6. The number of anilines is 2. The van der Waals surface area contributed by atoms with Crippen LogP contribution < -0.4 is 9.96 Å². The van der Waals surface area contributed by atoms with E-state index in [-0.39, 0.29) is 16.9 Å². The topological polar surface area (TPSA) is 119 Å². The maximum atomic E-state index is 13.6. The van der Waals surface area contributed by atoms with E-state index in [1.165, 1.54) is 54.6 Å². The molecule has 0 spiro atoms. The van der Waals surface area contributed by atoms with Crippen LogP contribution in [0.25, 0.3) is 0 Å². The molecular formula is C25H19N3O7. The second-order valence-electron chi connectivity index (χ2n) is 8.06. The maximum Gasteiger partial charge on any atom is 0.337 e. The Labute approximate surface area is 199 Å². The van der Waals surface area contributed by atoms with Gasteiger partial charge in [-0.05, 0) is 42.0 Å². The lowest BCUT2D eigenvalue weighted by molar-refractivity contribution is -0.384. The first-order valence-corrected chi connectivity index (χ1v) is 10.7. The molecule has 2 saturated heterocycles. The van der Waals surface area contributed by atoms with Gasteiger partial charge in [0.2, 0.25) is 5.91 Å². The number of hydroxylamine groups is 1. The fraction of sp³-hybridized carbons (Fsp3) is 0.160. The van der Waals surface area contributed by atoms with Gasteiger partial charge in [-0.15, -0.1) is 0 Å². The zero-order valence-corrected chi connectivity index (χ0v) is 18.4. The van der Waals surface area contributed by atoms with E-state index >= 15 is 0 Å². The van der Waals surface area contributed by atoms with E-state index in [2.05, 4.69) is 4.74 Å². The first kappa shape index (κ1) is 22.2. The van der Waals surface area contributed by atoms with Crippen LogP contribution in [0.2, 0.25) is 0 Å². The van der Waals surface area contributed by atoms with Crippen LogP contribution in [0.5, 0.6) is 0 Å². The minimum atomic E-state index is -1.12. The van der Waals surface area contributed by atoms with Gasteiger partial charge in [0.25, 0.3) is 11.6 Å². The van der Waals surface area contributed by atoms with Crippen LogP contribution in [0.3, 0.4) is 0 Å². The third kappa shape index (κ3) is 3.69. The molecule has 3 aromatic rings. The van der Waals surface area contributed by atoms with Crippen LogP contribution in [0.4, 0.5) is 17.1 Å². The number of para-hydroxylation sites is 1. The van der Waals surface area contributed by atoms with Gasteiger partial charge in [-0.25, -0.2) is 14.8 Å². The van der Waals surface area contributed by atoms with E-state index in [1.54, 1.807) is 30.3 Å². The number of carbonyl (C=O) groups excluding carboxylic acids is 3. The number of nitrogens with zero attached hydrogens (tertiary/aromatic N) is 3. The summed E-state index contributed by atoms with van der Waals surface area (Å²) in [6.45, 7) is 0. The van der Waals surface area contributed by atoms with Crippen molar-refractivity contribution in [3.8, 4) is 0 Å². The lowest BCUT2D eigenvalue weighted by atomic mass is 9.90. The van der Waals surface area contributed by atoms with Crippen molar-refractivity contribution in [2.24, 2.45) is 5.92 Å². The van der Waals surface area contributed by atoms with Crippen LogP contribution in [0.1, 0.15) is 22.0 Å². The predicted octanol–water partition coefficient (Wildman–Crippen LogP) is 3.43. The molecule has 3 aromatic carbocycles. The highest BCUT2D eigenvalue weighted by molar-refractivity contribution is 6.24. The van der Waals surface area contributed by atoms with E-state index in [1.807, 2.05) is 6.07 Å². The molecule has 3 atom stereocenters. The van der Waals surface area contributed by atoms with E-state index < -0.39 is 40.8 Å². The molecule has 2 amide bonds. The highest BCUT2D eigenvalue weighted by Crippen LogP contribution is 2.47. The van der Waals surface area contributed by atoms with Gasteiger partial charge in [-0.1, -0.05) is 30.3 Å². The summed E-state index contributed by atoms with van der Waals surface area (Å²) in [4.78, 5) is 56.7. The summed E-state index contributed by atoms with van der Waals surface area (Å²) in [5.41, 5.74) is 1.50. The first-order valence-electron chi connectivity index (χ1n) is 10.7. The fourth-order valence-corrected chi connectivity index (χ4v) is 4.49. The fourth-order valence-electron chi connectivity index (χ4n) is 4.49. The van der Waals surface area contributed by atoms with Crippen LogP contribution in [-0.2, 0) is 19.2 Å². The van der Waals surface area contributed by atoms with Crippen molar-refractivity contribution in [3.63, 3.8) is 0 Å². The molecule has 5 rings (SSSR count). The van der Waals surface area contributed by atoms with Crippen molar-refractivity contribution in [2.75, 3.05) is 17.1 Å². The number of esters is 1. The molecule has 2 heterocycles. The number of fused-ring (bicyclic) bond motifs is 1. The van der Waals surface area contributed by atoms with Gasteiger partial charge in [0.05, 0.1) is 35.0 Å². The Morgan fingerprint density at radius 3 is 2.31 bits per heavy atom. The molecule has 2 aliphatic heterocycles. The van der Waals surface area contributed by atoms with E-state index in [0.717, 1.165) is 4.90 Å². The number of nitro groups is 1. The van der Waals surface area contributed by atoms with Gasteiger partial charge in [-0.3, -0.25) is 24.5 Å². The van der Waals surface area contributed by atoms with Crippen LogP contribution in [0, 0.1) is 16.0 Å². The van der Waals surface area contributed by atoms with Crippen LogP contribution >= 0.6 is 0 Å². The number of rotatable bonds is 5. The summed E-state index contributed by atoms with van der Waals surface area (Å²) in [5, 5.41) is 12.9. The van der Waals surface area contributed by atoms with Gasteiger partial charge in [0.15, 0.2) is 6.10 Å². The second-order valence-corrected chi connectivity index (χ2v) is 8.06. The summed E-state index contributed by atoms with van der Waals surface area (Å²) < 4.78 is 4.69. The highest BCUT2D eigenvalue weighted by atomic mass is 16.7. The van der Waals surface area contributed by atoms with Crippen LogP contribution in [0.15, 0.2) is 78.9 Å². The molecule has 0 aliphatic carbocycles. The molecular weight excluding hydrogens is 454 g/mol. The van der Waals surface area contributed by atoms with Crippen molar-refractivity contribution < 1.29 is 28.9 Å². The van der Waals surface area contributed by atoms with Gasteiger partial charge in [-0.2, -0.15) is 0 Å². The number of benzene rings is 3. The number of methoxy groups -OCH3 is 1. The van der Waals surface area contributed by atoms with Crippen molar-refractivity contribution in [2.45, 2.75) is 12.1 Å². The number of hydrogen-bond donors (Lipinski definition) is 0. The predicted molar refractivity (Wildman–Crippen MR) is 123 cm³/mol. The standard InChI is InChI=1S/C25H19N3O7/c1-34-25(31)15-10-12-17(13-11-15)26-23(29)20-21(16-6-5-9-19(14-16)28(32)33)27(35-22(20)24(26)30)18-7-3-2-4-8-18/h2-14,20-22H,1H3/t20-,21+,22+/m1/s1. The lowest BCUT2D eigenvalue weighted by Crippen LogP contribution is -2.37. The van der Waals surface area contributed by atoms with Crippen LogP contribution in [-0.4, -0.2) is 35.9 Å². The average molecular weight is 473 g/mol. The first-order chi connectivity index (χ1) is 16.9. The Hall–Kier alpha value is -4.57. The van der Waals surface area contributed by atoms with Gasteiger partial charge in [0, 0.05) is 12.1 Å². The summed E-state index contributed by atoms with van der Waals surface area (Å²) in [6.07, 6.45) is -1.12. The number of amides is 2. The van der Waals surface area contributed by atoms with E-state index in [4.69, 9.17) is 4.84 Å². The van der Waals surface area contributed by atoms with Gasteiger partial charge >= 0.3 is 5.97 Å². The zero-order valence-electron chi connectivity index (χ0n) is 18.4. The molecule has 0 unspecified atom stereocenters. The molecule has 0 N–H and O–H groups in total. The Kier molecular flexibility index (Phi) is 5.50. The molecule has 10 nitrogen and oxygen atoms in total. The molecule has 10 heteroatoms. The Balaban J connectivity index is 1.55. The summed E-state index contributed by atoms with van der Waals surface area (Å²) >= 11 is 0. The summed E-state index contributed by atoms with van der Waals surface area (Å²) in [6, 6.07) is 20.0. The van der Waals surface area contributed by atoms with Crippen molar-refractivity contribution in [3.05, 3.63) is 100 Å². The third-order valence-corrected chi connectivity index (χ3v) is 6.10. The SMILES string of the molecule is COC(=O)c1ccc(N2C(=O)[C@H]3[C@H](ON(c4ccccc4)[C@H]3c3cccc([N+](=O)[O-])c3)C2=O)cc1. The number of nitro benzene ring substituents is 1. The number of imide groups is 1. The van der Waals surface area contributed by atoms with Crippen molar-refractivity contribution in [1.29, 1.82) is 0 Å². The molecule has 0 radical (unpaired) electrons. The third-order valence-electron chi connectivity index (χ3n) is 6.10. The average Bonchev–Trinajstić information content (AvgIpc) is 3.40. The van der Waals surface area contributed by atoms with E-state index in [9.17, 15) is 24.5 Å². The second kappa shape index (κ2) is 8.65. The van der Waals surface area contributed by atoms with Gasteiger partial charge < -0.3 is 4.74 Å². The summed E-state index contributed by atoms with van der Waals surface area (Å²) in [5.74, 6) is -2.54. The van der Waals surface area contributed by atoms with Gasteiger partial charge in [0.1, 0.15) is 5.92 Å². The molecule has 35 heavy (non-hydrogen) atoms. The lowest BCUT2D eigenvalue weighted by Gasteiger charge is -2.28. The molecule has 176 valence electrons. The van der Waals surface area contributed by atoms with Crippen molar-refractivity contribution >= 4 is 34.8 Å². The molecule has 2 fully saturated rings. The number of hydrogen-bond acceptors (Lipinski definition) is 8. The minimum Gasteiger partial charge on any atom is -0.465 e. The Morgan fingerprint density at radius 2 is 1.66 bits per heavy atom. The normalized spacial score (nSPS) is 21.2.